The summed E-state index contributed by atoms with van der Waals surface area (Å²) in [5, 5.41) is 10.7. The number of nitrogens with zero attached hydrogens (tertiary/aromatic N) is 3. The molecule has 2 heterocycles. The quantitative estimate of drug-likeness (QED) is 0.661. The van der Waals surface area contributed by atoms with E-state index < -0.39 is 0 Å². The first-order valence-corrected chi connectivity index (χ1v) is 10.5. The van der Waals surface area contributed by atoms with Gasteiger partial charge < -0.3 is 4.90 Å². The Hall–Kier alpha value is -2.23. The molecule has 27 heavy (non-hydrogen) atoms. The minimum atomic E-state index is -0.176. The molecule has 4 nitrogen and oxygen atoms in total. The van der Waals surface area contributed by atoms with Crippen molar-refractivity contribution in [2.24, 2.45) is 0 Å². The summed E-state index contributed by atoms with van der Waals surface area (Å²) >= 11 is 5.06. The molecule has 1 amide bonds. The first-order chi connectivity index (χ1) is 13.1. The Bertz CT molecular complexity index is 964. The Balaban J connectivity index is 1.66. The van der Waals surface area contributed by atoms with Gasteiger partial charge in [-0.05, 0) is 36.8 Å². The molecular formula is C21H18BrN3OS. The maximum atomic E-state index is 12.9. The molecule has 1 unspecified atom stereocenters. The predicted octanol–water partition coefficient (Wildman–Crippen LogP) is 4.98. The van der Waals surface area contributed by atoms with E-state index in [2.05, 4.69) is 58.1 Å². The van der Waals surface area contributed by atoms with E-state index in [1.54, 1.807) is 16.7 Å². The van der Waals surface area contributed by atoms with Gasteiger partial charge in [0, 0.05) is 22.5 Å². The normalized spacial score (nSPS) is 19.7. The molecule has 0 saturated carbocycles. The van der Waals surface area contributed by atoms with Gasteiger partial charge in [-0.25, -0.2) is 0 Å². The molecule has 0 N–H and O–H groups in total. The summed E-state index contributed by atoms with van der Waals surface area (Å²) in [6, 6.07) is 18.6. The van der Waals surface area contributed by atoms with E-state index in [-0.39, 0.29) is 11.8 Å². The summed E-state index contributed by atoms with van der Waals surface area (Å²) in [5.74, 6) is 0.612. The van der Waals surface area contributed by atoms with Crippen LogP contribution in [-0.2, 0) is 4.79 Å². The van der Waals surface area contributed by atoms with Crippen LogP contribution in [0.25, 0.3) is 0 Å². The van der Waals surface area contributed by atoms with Crippen molar-refractivity contribution in [3.05, 3.63) is 74.7 Å². The number of carbonyl (C=O) groups excluding carboxylic acids is 1. The Morgan fingerprint density at radius 2 is 2.00 bits per heavy atom. The van der Waals surface area contributed by atoms with Gasteiger partial charge in [-0.15, -0.1) is 0 Å². The predicted molar refractivity (Wildman–Crippen MR) is 112 cm³/mol. The molecule has 0 aromatic heterocycles. The maximum absolute atomic E-state index is 12.9. The van der Waals surface area contributed by atoms with Gasteiger partial charge >= 0.3 is 0 Å². The summed E-state index contributed by atoms with van der Waals surface area (Å²) in [7, 11) is 0. The van der Waals surface area contributed by atoms with Crippen molar-refractivity contribution < 1.29 is 4.79 Å². The minimum absolute atomic E-state index is 0.0679. The summed E-state index contributed by atoms with van der Waals surface area (Å²) in [4.78, 5) is 16.9. The molecule has 2 aromatic carbocycles. The van der Waals surface area contributed by atoms with E-state index in [0.717, 1.165) is 26.6 Å². The molecule has 0 bridgehead atoms. The molecule has 1 fully saturated rings. The van der Waals surface area contributed by atoms with Crippen LogP contribution in [0.1, 0.15) is 23.5 Å². The second-order valence-electron chi connectivity index (χ2n) is 6.75. The van der Waals surface area contributed by atoms with Crippen molar-refractivity contribution in [3.8, 4) is 6.07 Å². The Kier molecular flexibility index (Phi) is 4.98. The largest absolute Gasteiger partial charge is 0.344 e. The van der Waals surface area contributed by atoms with Crippen molar-refractivity contribution in [1.29, 1.82) is 5.26 Å². The van der Waals surface area contributed by atoms with Gasteiger partial charge in [0.1, 0.15) is 0 Å². The first kappa shape index (κ1) is 18.1. The molecule has 1 saturated heterocycles. The topological polar surface area (TPSA) is 47.3 Å². The minimum Gasteiger partial charge on any atom is -0.344 e. The number of nitriles is 1. The monoisotopic (exact) mass is 439 g/mol. The number of thioether (sulfide) groups is 1. The summed E-state index contributed by atoms with van der Waals surface area (Å²) < 4.78 is 0.957. The molecule has 2 aromatic rings. The van der Waals surface area contributed by atoms with Crippen LogP contribution in [0.3, 0.4) is 0 Å². The second-order valence-corrected chi connectivity index (χ2v) is 8.60. The maximum Gasteiger partial charge on any atom is 0.229 e. The molecule has 6 heteroatoms. The highest BCUT2D eigenvalue weighted by molar-refractivity contribution is 9.10. The van der Waals surface area contributed by atoms with Gasteiger partial charge in [0.2, 0.25) is 5.91 Å². The number of aryl methyl sites for hydroxylation is 1. The highest BCUT2D eigenvalue weighted by atomic mass is 79.9. The van der Waals surface area contributed by atoms with Gasteiger partial charge in [0.25, 0.3) is 0 Å². The Labute approximate surface area is 171 Å². The number of rotatable bonds is 2. The smallest absolute Gasteiger partial charge is 0.229 e. The number of allylic oxidation sites excluding steroid dienone is 1. The van der Waals surface area contributed by atoms with Crippen LogP contribution in [0, 0.1) is 18.3 Å². The fourth-order valence-corrected chi connectivity index (χ4v) is 5.07. The number of fused-ring (bicyclic) bond motifs is 1. The molecule has 1 atom stereocenters. The van der Waals surface area contributed by atoms with Crippen LogP contribution < -0.4 is 4.90 Å². The molecule has 0 radical (unpaired) electrons. The highest BCUT2D eigenvalue weighted by Gasteiger charge is 2.38. The zero-order valence-electron chi connectivity index (χ0n) is 14.9. The van der Waals surface area contributed by atoms with Gasteiger partial charge in [-0.2, -0.15) is 5.26 Å². The first-order valence-electron chi connectivity index (χ1n) is 8.71. The van der Waals surface area contributed by atoms with Gasteiger partial charge in [0.05, 0.1) is 29.2 Å². The SMILES string of the molecule is Cc1ccc(N2CSC3=C(C#N)C(c4cccc(Br)c4)CC(=O)N3C2)cc1. The molecule has 0 aliphatic carbocycles. The van der Waals surface area contributed by atoms with E-state index in [0.29, 0.717) is 18.7 Å². The van der Waals surface area contributed by atoms with Crippen molar-refractivity contribution in [2.75, 3.05) is 17.4 Å². The molecule has 2 aliphatic rings. The lowest BCUT2D eigenvalue weighted by Crippen LogP contribution is -2.47. The lowest BCUT2D eigenvalue weighted by Gasteiger charge is -2.42. The molecular weight excluding hydrogens is 422 g/mol. The number of amides is 1. The zero-order chi connectivity index (χ0) is 19.0. The fraction of sp³-hybridized carbons (Fsp3) is 0.238. The molecule has 2 aliphatic heterocycles. The third-order valence-corrected chi connectivity index (χ3v) is 6.59. The van der Waals surface area contributed by atoms with Crippen molar-refractivity contribution in [3.63, 3.8) is 0 Å². The summed E-state index contributed by atoms with van der Waals surface area (Å²) in [6.07, 6.45) is 0.325. The molecule has 4 rings (SSSR count). The zero-order valence-corrected chi connectivity index (χ0v) is 17.3. The summed E-state index contributed by atoms with van der Waals surface area (Å²) in [5.41, 5.74) is 4.00. The van der Waals surface area contributed by atoms with Crippen molar-refractivity contribution in [1.82, 2.24) is 4.90 Å². The Morgan fingerprint density at radius 3 is 2.70 bits per heavy atom. The van der Waals surface area contributed by atoms with Crippen molar-refractivity contribution in [2.45, 2.75) is 19.3 Å². The third-order valence-electron chi connectivity index (χ3n) is 4.94. The third kappa shape index (κ3) is 3.50. The van der Waals surface area contributed by atoms with Crippen LogP contribution in [0.2, 0.25) is 0 Å². The number of anilines is 1. The summed E-state index contributed by atoms with van der Waals surface area (Å²) in [6.45, 7) is 2.55. The van der Waals surface area contributed by atoms with Crippen LogP contribution in [0.4, 0.5) is 5.69 Å². The number of carbonyl (C=O) groups is 1. The standard InChI is InChI=1S/C21H18BrN3OS/c1-14-5-7-17(8-6-14)24-12-25-20(26)10-18(15-3-2-4-16(22)9-15)19(11-23)21(25)27-13-24/h2-9,18H,10,12-13H2,1H3. The number of halogens is 1. The Morgan fingerprint density at radius 1 is 1.22 bits per heavy atom. The lowest BCUT2D eigenvalue weighted by atomic mass is 9.86. The van der Waals surface area contributed by atoms with E-state index in [4.69, 9.17) is 0 Å². The van der Waals surface area contributed by atoms with E-state index >= 15 is 0 Å². The average Bonchev–Trinajstić information content (AvgIpc) is 2.68. The number of hydrogen-bond donors (Lipinski definition) is 0. The molecule has 0 spiro atoms. The van der Waals surface area contributed by atoms with Crippen molar-refractivity contribution >= 4 is 39.3 Å². The van der Waals surface area contributed by atoms with Gasteiger partial charge in [-0.1, -0.05) is 57.5 Å². The highest BCUT2D eigenvalue weighted by Crippen LogP contribution is 2.43. The van der Waals surface area contributed by atoms with Crippen LogP contribution in [0.5, 0.6) is 0 Å². The van der Waals surface area contributed by atoms with E-state index in [1.807, 2.05) is 24.3 Å². The van der Waals surface area contributed by atoms with E-state index in [9.17, 15) is 10.1 Å². The lowest BCUT2D eigenvalue weighted by molar-refractivity contribution is -0.129. The van der Waals surface area contributed by atoms with Gasteiger partial charge in [0.15, 0.2) is 0 Å². The average molecular weight is 440 g/mol. The van der Waals surface area contributed by atoms with E-state index in [1.165, 1.54) is 5.56 Å². The molecule has 136 valence electrons. The number of benzene rings is 2. The van der Waals surface area contributed by atoms with Gasteiger partial charge in [-0.3, -0.25) is 9.69 Å². The second kappa shape index (κ2) is 7.41. The number of hydrogen-bond acceptors (Lipinski definition) is 4. The van der Waals surface area contributed by atoms with Crippen LogP contribution in [0.15, 0.2) is 63.6 Å². The van der Waals surface area contributed by atoms with Crippen LogP contribution in [-0.4, -0.2) is 23.4 Å². The van der Waals surface area contributed by atoms with Crippen LogP contribution >= 0.6 is 27.7 Å². The fourth-order valence-electron chi connectivity index (χ4n) is 3.49.